The van der Waals surface area contributed by atoms with E-state index in [0.29, 0.717) is 21.6 Å². The first-order valence-electron chi connectivity index (χ1n) is 4.47. The van der Waals surface area contributed by atoms with Gasteiger partial charge >= 0.3 is 0 Å². The van der Waals surface area contributed by atoms with E-state index < -0.39 is 0 Å². The van der Waals surface area contributed by atoms with Gasteiger partial charge in [-0.3, -0.25) is 0 Å². The highest BCUT2D eigenvalue weighted by Crippen LogP contribution is 2.30. The second kappa shape index (κ2) is 5.64. The minimum absolute atomic E-state index is 0.203. The number of hydrogen-bond acceptors (Lipinski definition) is 1. The molecule has 0 unspecified atom stereocenters. The molecular weight excluding hydrogens is 254 g/mol. The van der Waals surface area contributed by atoms with Crippen LogP contribution in [0.5, 0.6) is 5.75 Å². The van der Waals surface area contributed by atoms with Gasteiger partial charge in [-0.15, -0.1) is 0 Å². The van der Waals surface area contributed by atoms with Crippen molar-refractivity contribution in [2.24, 2.45) is 5.92 Å². The maximum atomic E-state index is 5.96. The maximum Gasteiger partial charge on any atom is 0.145 e. The van der Waals surface area contributed by atoms with E-state index in [-0.39, 0.29) is 5.92 Å². The Morgan fingerprint density at radius 2 is 2.00 bits per heavy atom. The number of halogens is 3. The zero-order valence-corrected chi connectivity index (χ0v) is 10.7. The fraction of sp³-hybridized carbons (Fsp3) is 0.273. The molecule has 1 rings (SSSR count). The summed E-state index contributed by atoms with van der Waals surface area (Å²) in [6, 6.07) is 5.06. The van der Waals surface area contributed by atoms with Crippen LogP contribution in [0.4, 0.5) is 0 Å². The Bertz CT molecular complexity index is 372. The van der Waals surface area contributed by atoms with E-state index in [1.807, 2.05) is 13.8 Å². The molecule has 0 saturated carbocycles. The molecular formula is C11H11Cl3O. The van der Waals surface area contributed by atoms with E-state index in [4.69, 9.17) is 39.5 Å². The van der Waals surface area contributed by atoms with Crippen LogP contribution in [-0.4, -0.2) is 0 Å². The van der Waals surface area contributed by atoms with E-state index in [1.54, 1.807) is 18.2 Å². The Labute approximate surface area is 105 Å². The van der Waals surface area contributed by atoms with Crippen molar-refractivity contribution in [1.29, 1.82) is 0 Å². The number of ether oxygens (including phenoxy) is 1. The summed E-state index contributed by atoms with van der Waals surface area (Å²) < 4.78 is 5.55. The van der Waals surface area contributed by atoms with Gasteiger partial charge < -0.3 is 4.74 Å². The van der Waals surface area contributed by atoms with Crippen LogP contribution in [-0.2, 0) is 0 Å². The molecule has 1 aromatic carbocycles. The Balaban J connectivity index is 2.89. The molecule has 0 saturated heterocycles. The molecule has 1 nitrogen and oxygen atoms in total. The van der Waals surface area contributed by atoms with Gasteiger partial charge in [0.2, 0.25) is 0 Å². The van der Waals surface area contributed by atoms with Crippen molar-refractivity contribution < 1.29 is 4.74 Å². The predicted molar refractivity (Wildman–Crippen MR) is 65.9 cm³/mol. The number of benzene rings is 1. The molecule has 0 aliphatic rings. The second-order valence-electron chi connectivity index (χ2n) is 3.34. The topological polar surface area (TPSA) is 9.23 Å². The fourth-order valence-electron chi connectivity index (χ4n) is 0.951. The standard InChI is InChI=1S/C11H11Cl3O/c1-7(2)11(6-12)15-10-4-3-8(13)5-9(10)14/h3-7H,1-2H3/b11-6-. The van der Waals surface area contributed by atoms with Crippen molar-refractivity contribution in [3.8, 4) is 5.75 Å². The van der Waals surface area contributed by atoms with Crippen LogP contribution < -0.4 is 4.74 Å². The number of hydrogen-bond donors (Lipinski definition) is 0. The average molecular weight is 266 g/mol. The van der Waals surface area contributed by atoms with Gasteiger partial charge in [0, 0.05) is 16.5 Å². The fourth-order valence-corrected chi connectivity index (χ4v) is 1.69. The summed E-state index contributed by atoms with van der Waals surface area (Å²) in [5.41, 5.74) is 1.41. The molecule has 15 heavy (non-hydrogen) atoms. The molecule has 0 radical (unpaired) electrons. The van der Waals surface area contributed by atoms with Gasteiger partial charge in [-0.25, -0.2) is 0 Å². The molecule has 0 amide bonds. The highest BCUT2D eigenvalue weighted by Gasteiger charge is 2.08. The van der Waals surface area contributed by atoms with Crippen LogP contribution in [0.1, 0.15) is 13.8 Å². The van der Waals surface area contributed by atoms with E-state index in [0.717, 1.165) is 0 Å². The summed E-state index contributed by atoms with van der Waals surface area (Å²) in [7, 11) is 0. The van der Waals surface area contributed by atoms with Crippen molar-refractivity contribution in [3.05, 3.63) is 39.5 Å². The molecule has 0 bridgehead atoms. The number of allylic oxidation sites excluding steroid dienone is 1. The van der Waals surface area contributed by atoms with Crippen molar-refractivity contribution in [2.75, 3.05) is 0 Å². The van der Waals surface area contributed by atoms with Gasteiger partial charge in [0.15, 0.2) is 0 Å². The molecule has 0 fully saturated rings. The third-order valence-corrected chi connectivity index (χ3v) is 2.54. The third-order valence-electron chi connectivity index (χ3n) is 1.80. The molecule has 1 aromatic rings. The lowest BCUT2D eigenvalue weighted by Crippen LogP contribution is -2.02. The predicted octanol–water partition coefficient (Wildman–Crippen LogP) is 5.11. The van der Waals surface area contributed by atoms with E-state index in [1.165, 1.54) is 5.54 Å². The van der Waals surface area contributed by atoms with Gasteiger partial charge in [0.05, 0.1) is 5.02 Å². The first kappa shape index (κ1) is 12.7. The molecule has 0 spiro atoms. The van der Waals surface area contributed by atoms with Crippen LogP contribution >= 0.6 is 34.8 Å². The maximum absolute atomic E-state index is 5.96. The Morgan fingerprint density at radius 3 is 2.47 bits per heavy atom. The van der Waals surface area contributed by atoms with Gasteiger partial charge in [0.25, 0.3) is 0 Å². The minimum Gasteiger partial charge on any atom is -0.459 e. The van der Waals surface area contributed by atoms with Crippen molar-refractivity contribution in [2.45, 2.75) is 13.8 Å². The van der Waals surface area contributed by atoms with Gasteiger partial charge in [-0.05, 0) is 18.2 Å². The van der Waals surface area contributed by atoms with Gasteiger partial charge in [-0.2, -0.15) is 0 Å². The van der Waals surface area contributed by atoms with Crippen molar-refractivity contribution >= 4 is 34.8 Å². The van der Waals surface area contributed by atoms with E-state index >= 15 is 0 Å². The molecule has 0 aliphatic heterocycles. The summed E-state index contributed by atoms with van der Waals surface area (Å²) in [5.74, 6) is 1.43. The summed E-state index contributed by atoms with van der Waals surface area (Å²) >= 11 is 17.4. The second-order valence-corrected chi connectivity index (χ2v) is 4.40. The first-order chi connectivity index (χ1) is 7.04. The molecule has 4 heteroatoms. The molecule has 0 atom stereocenters. The zero-order valence-electron chi connectivity index (χ0n) is 8.43. The highest BCUT2D eigenvalue weighted by molar-refractivity contribution is 6.35. The monoisotopic (exact) mass is 264 g/mol. The van der Waals surface area contributed by atoms with E-state index in [2.05, 4.69) is 0 Å². The molecule has 0 heterocycles. The molecule has 0 N–H and O–H groups in total. The molecule has 82 valence electrons. The quantitative estimate of drug-likeness (QED) is 0.690. The van der Waals surface area contributed by atoms with Crippen molar-refractivity contribution in [1.82, 2.24) is 0 Å². The Kier molecular flexibility index (Phi) is 4.78. The third kappa shape index (κ3) is 3.60. The van der Waals surface area contributed by atoms with Crippen LogP contribution in [0, 0.1) is 5.92 Å². The van der Waals surface area contributed by atoms with Crippen LogP contribution in [0.15, 0.2) is 29.5 Å². The Hall–Kier alpha value is -0.370. The lowest BCUT2D eigenvalue weighted by molar-refractivity contribution is 0.370. The van der Waals surface area contributed by atoms with Gasteiger partial charge in [-0.1, -0.05) is 48.7 Å². The number of rotatable bonds is 3. The average Bonchev–Trinajstić information content (AvgIpc) is 2.16. The first-order valence-corrected chi connectivity index (χ1v) is 5.67. The zero-order chi connectivity index (χ0) is 11.4. The lowest BCUT2D eigenvalue weighted by Gasteiger charge is -2.13. The summed E-state index contributed by atoms with van der Waals surface area (Å²) in [5, 5.41) is 1.05. The molecule has 0 aromatic heterocycles. The lowest BCUT2D eigenvalue weighted by atomic mass is 10.2. The van der Waals surface area contributed by atoms with Crippen LogP contribution in [0.25, 0.3) is 0 Å². The largest absolute Gasteiger partial charge is 0.459 e. The minimum atomic E-state index is 0.203. The Morgan fingerprint density at radius 1 is 1.33 bits per heavy atom. The SMILES string of the molecule is CC(C)/C(=C/Cl)Oc1ccc(Cl)cc1Cl. The smallest absolute Gasteiger partial charge is 0.145 e. The summed E-state index contributed by atoms with van der Waals surface area (Å²) in [4.78, 5) is 0. The van der Waals surface area contributed by atoms with E-state index in [9.17, 15) is 0 Å². The van der Waals surface area contributed by atoms with Gasteiger partial charge in [0.1, 0.15) is 11.5 Å². The summed E-state index contributed by atoms with van der Waals surface area (Å²) in [6.07, 6.45) is 0. The summed E-state index contributed by atoms with van der Waals surface area (Å²) in [6.45, 7) is 3.97. The normalized spacial score (nSPS) is 12.0. The highest BCUT2D eigenvalue weighted by atomic mass is 35.5. The van der Waals surface area contributed by atoms with Crippen molar-refractivity contribution in [3.63, 3.8) is 0 Å². The van der Waals surface area contributed by atoms with Crippen LogP contribution in [0.3, 0.4) is 0 Å². The molecule has 0 aliphatic carbocycles. The van der Waals surface area contributed by atoms with Crippen LogP contribution in [0.2, 0.25) is 10.0 Å².